The highest BCUT2D eigenvalue weighted by Gasteiger charge is 2.14. The average molecular weight is 559 g/mol. The van der Waals surface area contributed by atoms with E-state index in [1.807, 2.05) is 23.9 Å². The molecule has 180 valence electrons. The number of aliphatic imine (C=N–C) groups is 1. The fourth-order valence-corrected chi connectivity index (χ4v) is 3.92. The minimum absolute atomic E-state index is 0. The summed E-state index contributed by atoms with van der Waals surface area (Å²) in [5.41, 5.74) is 3.63. The molecule has 1 atom stereocenters. The molecule has 0 aromatic carbocycles. The van der Waals surface area contributed by atoms with E-state index in [0.717, 1.165) is 82.6 Å². The molecule has 0 saturated carbocycles. The average Bonchev–Trinajstić information content (AvgIpc) is 3.36. The first-order valence-electron chi connectivity index (χ1n) is 11.4. The highest BCUT2D eigenvalue weighted by Crippen LogP contribution is 2.14. The van der Waals surface area contributed by atoms with E-state index in [0.29, 0.717) is 0 Å². The summed E-state index contributed by atoms with van der Waals surface area (Å²) >= 11 is 0. The second kappa shape index (κ2) is 13.8. The lowest BCUT2D eigenvalue weighted by Gasteiger charge is -2.26. The van der Waals surface area contributed by atoms with Crippen LogP contribution in [0.15, 0.2) is 27.8 Å². The number of hydrogen-bond acceptors (Lipinski definition) is 5. The smallest absolute Gasteiger partial charge is 0.191 e. The van der Waals surface area contributed by atoms with Crippen LogP contribution in [0.2, 0.25) is 0 Å². The zero-order chi connectivity index (χ0) is 22.1. The van der Waals surface area contributed by atoms with E-state index in [4.69, 9.17) is 14.1 Å². The summed E-state index contributed by atoms with van der Waals surface area (Å²) in [6, 6.07) is 4.18. The van der Waals surface area contributed by atoms with Crippen molar-refractivity contribution in [2.75, 3.05) is 45.9 Å². The predicted octanol–water partition coefficient (Wildman–Crippen LogP) is 2.68. The van der Waals surface area contributed by atoms with Gasteiger partial charge >= 0.3 is 0 Å². The van der Waals surface area contributed by atoms with Crippen LogP contribution in [0.4, 0.5) is 0 Å². The second-order valence-electron chi connectivity index (χ2n) is 8.32. The SMILES string of the molecule is Cc1nn(C)c(C)c1CC(C)NC(=NCCCN1CCOCC1)NCCc1ccco1.I. The van der Waals surface area contributed by atoms with Crippen LogP contribution in [0.5, 0.6) is 0 Å². The maximum absolute atomic E-state index is 5.44. The number of morpholine rings is 1. The van der Waals surface area contributed by atoms with Crippen LogP contribution < -0.4 is 10.6 Å². The van der Waals surface area contributed by atoms with Crippen LogP contribution in [0.25, 0.3) is 0 Å². The Labute approximate surface area is 209 Å². The fraction of sp³-hybridized carbons (Fsp3) is 0.652. The summed E-state index contributed by atoms with van der Waals surface area (Å²) < 4.78 is 12.8. The quantitative estimate of drug-likeness (QED) is 0.202. The van der Waals surface area contributed by atoms with Gasteiger partial charge in [0.05, 0.1) is 25.2 Å². The molecule has 8 nitrogen and oxygen atoms in total. The van der Waals surface area contributed by atoms with Gasteiger partial charge in [-0.2, -0.15) is 5.10 Å². The molecule has 1 aliphatic heterocycles. The molecule has 32 heavy (non-hydrogen) atoms. The number of hydrogen-bond donors (Lipinski definition) is 2. The first-order valence-corrected chi connectivity index (χ1v) is 11.4. The van der Waals surface area contributed by atoms with Crippen LogP contribution in [-0.4, -0.2) is 72.6 Å². The first kappa shape index (κ1) is 26.7. The van der Waals surface area contributed by atoms with Gasteiger partial charge in [0.25, 0.3) is 0 Å². The number of furan rings is 1. The van der Waals surface area contributed by atoms with Crippen molar-refractivity contribution in [3.05, 3.63) is 41.1 Å². The van der Waals surface area contributed by atoms with Gasteiger partial charge in [-0.15, -0.1) is 24.0 Å². The van der Waals surface area contributed by atoms with Crippen LogP contribution in [0, 0.1) is 13.8 Å². The number of aromatic nitrogens is 2. The molecule has 2 aromatic rings. The minimum atomic E-state index is 0. The minimum Gasteiger partial charge on any atom is -0.469 e. The molecule has 1 aliphatic rings. The van der Waals surface area contributed by atoms with E-state index in [1.54, 1.807) is 6.26 Å². The van der Waals surface area contributed by atoms with Crippen LogP contribution in [0.3, 0.4) is 0 Å². The molecule has 3 heterocycles. The third-order valence-corrected chi connectivity index (χ3v) is 5.80. The van der Waals surface area contributed by atoms with E-state index in [2.05, 4.69) is 41.4 Å². The van der Waals surface area contributed by atoms with Gasteiger partial charge in [0, 0.05) is 57.9 Å². The van der Waals surface area contributed by atoms with E-state index in [1.165, 1.54) is 11.3 Å². The van der Waals surface area contributed by atoms with E-state index >= 15 is 0 Å². The van der Waals surface area contributed by atoms with Gasteiger partial charge in [-0.3, -0.25) is 14.6 Å². The first-order chi connectivity index (χ1) is 15.0. The lowest BCUT2D eigenvalue weighted by atomic mass is 10.1. The molecule has 0 spiro atoms. The molecule has 3 rings (SSSR count). The highest BCUT2D eigenvalue weighted by molar-refractivity contribution is 14.0. The van der Waals surface area contributed by atoms with Gasteiger partial charge in [0.15, 0.2) is 5.96 Å². The van der Waals surface area contributed by atoms with Gasteiger partial charge in [0.1, 0.15) is 5.76 Å². The molecule has 0 amide bonds. The summed E-state index contributed by atoms with van der Waals surface area (Å²) in [6.07, 6.45) is 4.50. The number of aryl methyl sites for hydroxylation is 2. The summed E-state index contributed by atoms with van der Waals surface area (Å²) in [4.78, 5) is 7.30. The number of rotatable bonds is 10. The summed E-state index contributed by atoms with van der Waals surface area (Å²) in [5.74, 6) is 1.84. The van der Waals surface area contributed by atoms with Gasteiger partial charge in [-0.05, 0) is 51.3 Å². The molecule has 2 N–H and O–H groups in total. The zero-order valence-corrected chi connectivity index (χ0v) is 22.2. The zero-order valence-electron chi connectivity index (χ0n) is 19.9. The Bertz CT molecular complexity index is 815. The molecule has 1 fully saturated rings. The van der Waals surface area contributed by atoms with E-state index in [9.17, 15) is 0 Å². The number of nitrogens with zero attached hydrogens (tertiary/aromatic N) is 4. The Hall–Kier alpha value is -1.59. The number of guanidine groups is 1. The normalized spacial score (nSPS) is 15.9. The fourth-order valence-electron chi connectivity index (χ4n) is 3.92. The van der Waals surface area contributed by atoms with Crippen molar-refractivity contribution in [2.24, 2.45) is 12.0 Å². The molecule has 2 aromatic heterocycles. The molecular weight excluding hydrogens is 519 g/mol. The van der Waals surface area contributed by atoms with Gasteiger partial charge in [-0.25, -0.2) is 0 Å². The molecular formula is C23H39IN6O2. The Kier molecular flexibility index (Phi) is 11.5. The van der Waals surface area contributed by atoms with Crippen molar-refractivity contribution in [3.8, 4) is 0 Å². The molecule has 0 bridgehead atoms. The second-order valence-corrected chi connectivity index (χ2v) is 8.32. The van der Waals surface area contributed by atoms with Crippen molar-refractivity contribution in [3.63, 3.8) is 0 Å². The van der Waals surface area contributed by atoms with Crippen molar-refractivity contribution >= 4 is 29.9 Å². The van der Waals surface area contributed by atoms with Crippen molar-refractivity contribution in [1.82, 2.24) is 25.3 Å². The number of nitrogens with one attached hydrogen (secondary N) is 2. The lowest BCUT2D eigenvalue weighted by molar-refractivity contribution is 0.0377. The largest absolute Gasteiger partial charge is 0.469 e. The Morgan fingerprint density at radius 3 is 2.72 bits per heavy atom. The van der Waals surface area contributed by atoms with E-state index in [-0.39, 0.29) is 30.0 Å². The van der Waals surface area contributed by atoms with Crippen LogP contribution in [-0.2, 0) is 24.6 Å². The molecule has 0 aliphatic carbocycles. The van der Waals surface area contributed by atoms with Gasteiger partial charge in [0.2, 0.25) is 0 Å². The Morgan fingerprint density at radius 2 is 2.06 bits per heavy atom. The van der Waals surface area contributed by atoms with E-state index < -0.39 is 0 Å². The number of halogens is 1. The maximum Gasteiger partial charge on any atom is 0.191 e. The third kappa shape index (κ3) is 8.40. The maximum atomic E-state index is 5.44. The monoisotopic (exact) mass is 558 g/mol. The lowest BCUT2D eigenvalue weighted by Crippen LogP contribution is -2.44. The predicted molar refractivity (Wildman–Crippen MR) is 139 cm³/mol. The molecule has 1 unspecified atom stereocenters. The summed E-state index contributed by atoms with van der Waals surface area (Å²) in [5, 5.41) is 11.6. The van der Waals surface area contributed by atoms with Crippen molar-refractivity contribution in [1.29, 1.82) is 0 Å². The highest BCUT2D eigenvalue weighted by atomic mass is 127. The Balaban J connectivity index is 0.00000363. The third-order valence-electron chi connectivity index (χ3n) is 5.80. The standard InChI is InChI=1S/C23H38N6O2.HI/c1-18(17-22-19(2)27-28(4)20(22)3)26-23(25-10-8-21-7-5-14-31-21)24-9-6-11-29-12-15-30-16-13-29;/h5,7,14,18H,6,8-13,15-17H2,1-4H3,(H2,24,25,26);1H. The van der Waals surface area contributed by atoms with Gasteiger partial charge in [-0.1, -0.05) is 0 Å². The van der Waals surface area contributed by atoms with Gasteiger partial charge < -0.3 is 19.8 Å². The molecule has 9 heteroatoms. The Morgan fingerprint density at radius 1 is 1.28 bits per heavy atom. The molecule has 1 saturated heterocycles. The summed E-state index contributed by atoms with van der Waals surface area (Å²) in [7, 11) is 2.00. The van der Waals surface area contributed by atoms with Crippen molar-refractivity contribution < 1.29 is 9.15 Å². The summed E-state index contributed by atoms with van der Waals surface area (Å²) in [6.45, 7) is 12.8. The van der Waals surface area contributed by atoms with Crippen molar-refractivity contribution in [2.45, 2.75) is 46.1 Å². The number of ether oxygens (including phenoxy) is 1. The van der Waals surface area contributed by atoms with Crippen LogP contribution >= 0.6 is 24.0 Å². The topological polar surface area (TPSA) is 79.9 Å². The molecule has 0 radical (unpaired) electrons. The van der Waals surface area contributed by atoms with Crippen LogP contribution in [0.1, 0.15) is 36.1 Å².